The van der Waals surface area contributed by atoms with Crippen molar-refractivity contribution < 1.29 is 19.2 Å². The van der Waals surface area contributed by atoms with Crippen molar-refractivity contribution in [2.45, 2.75) is 13.0 Å². The summed E-state index contributed by atoms with van der Waals surface area (Å²) in [6, 6.07) is 11.0. The molecule has 6 heteroatoms. The topological polar surface area (TPSA) is 72.6 Å². The van der Waals surface area contributed by atoms with E-state index in [0.717, 1.165) is 11.6 Å². The maximum Gasteiger partial charge on any atom is 0.305 e. The zero-order chi connectivity index (χ0) is 15.2. The Kier molecular flexibility index (Phi) is 4.84. The number of nitro groups is 1. The second-order valence-electron chi connectivity index (χ2n) is 4.41. The molecule has 0 bridgehead atoms. The van der Waals surface area contributed by atoms with E-state index in [1.807, 2.05) is 0 Å². The highest BCUT2D eigenvalue weighted by atomic mass is 19.1. The summed E-state index contributed by atoms with van der Waals surface area (Å²) < 4.78 is 19.3. The van der Waals surface area contributed by atoms with E-state index in [2.05, 4.69) is 0 Å². The van der Waals surface area contributed by atoms with Gasteiger partial charge in [-0.2, -0.15) is 4.39 Å². The first-order valence-corrected chi connectivity index (χ1v) is 6.36. The number of aliphatic hydroxyl groups excluding tert-OH is 1. The number of halogens is 1. The summed E-state index contributed by atoms with van der Waals surface area (Å²) >= 11 is 0. The van der Waals surface area contributed by atoms with Crippen LogP contribution in [0.1, 0.15) is 11.1 Å². The number of benzene rings is 2. The molecule has 1 N–H and O–H groups in total. The molecule has 0 aromatic heterocycles. The standard InChI is InChI=1S/C15H14FNO4/c16-15-12(2-1-3-14(15)17(19)20)10-21-13-6-4-11(5-7-13)8-9-18/h1-7,18H,8-10H2. The summed E-state index contributed by atoms with van der Waals surface area (Å²) in [5.41, 5.74) is 0.532. The molecule has 0 aliphatic heterocycles. The van der Waals surface area contributed by atoms with Crippen molar-refractivity contribution in [3.05, 3.63) is 69.5 Å². The number of nitrogens with zero attached hydrogens (tertiary/aromatic N) is 1. The molecular formula is C15H14FNO4. The smallest absolute Gasteiger partial charge is 0.305 e. The maximum atomic E-state index is 13.8. The normalized spacial score (nSPS) is 10.4. The lowest BCUT2D eigenvalue weighted by Gasteiger charge is -2.08. The third-order valence-electron chi connectivity index (χ3n) is 2.97. The Balaban J connectivity index is 2.06. The van der Waals surface area contributed by atoms with Gasteiger partial charge in [0.05, 0.1) is 4.92 Å². The van der Waals surface area contributed by atoms with Gasteiger partial charge in [-0.15, -0.1) is 0 Å². The van der Waals surface area contributed by atoms with Crippen molar-refractivity contribution in [1.29, 1.82) is 0 Å². The van der Waals surface area contributed by atoms with Crippen LogP contribution in [0.3, 0.4) is 0 Å². The van der Waals surface area contributed by atoms with E-state index in [4.69, 9.17) is 9.84 Å². The molecule has 0 aliphatic rings. The van der Waals surface area contributed by atoms with Crippen LogP contribution in [-0.2, 0) is 13.0 Å². The van der Waals surface area contributed by atoms with Gasteiger partial charge in [-0.1, -0.05) is 24.3 Å². The molecule has 0 atom stereocenters. The fourth-order valence-corrected chi connectivity index (χ4v) is 1.86. The largest absolute Gasteiger partial charge is 0.489 e. The fourth-order valence-electron chi connectivity index (χ4n) is 1.86. The minimum atomic E-state index is -0.876. The van der Waals surface area contributed by atoms with Crippen LogP contribution in [0, 0.1) is 15.9 Å². The molecule has 0 saturated carbocycles. The van der Waals surface area contributed by atoms with Gasteiger partial charge in [0.25, 0.3) is 0 Å². The van der Waals surface area contributed by atoms with Crippen LogP contribution in [0.15, 0.2) is 42.5 Å². The lowest BCUT2D eigenvalue weighted by Crippen LogP contribution is -2.02. The Morgan fingerprint density at radius 1 is 1.19 bits per heavy atom. The Bertz CT molecular complexity index is 628. The molecule has 21 heavy (non-hydrogen) atoms. The predicted molar refractivity (Wildman–Crippen MR) is 74.6 cm³/mol. The van der Waals surface area contributed by atoms with Crippen molar-refractivity contribution >= 4 is 5.69 Å². The van der Waals surface area contributed by atoms with E-state index in [1.54, 1.807) is 24.3 Å². The highest BCUT2D eigenvalue weighted by molar-refractivity contribution is 5.37. The molecular weight excluding hydrogens is 277 g/mol. The molecule has 0 saturated heterocycles. The van der Waals surface area contributed by atoms with Crippen molar-refractivity contribution in [2.24, 2.45) is 0 Å². The average molecular weight is 291 g/mol. The van der Waals surface area contributed by atoms with Crippen LogP contribution in [0.4, 0.5) is 10.1 Å². The second-order valence-corrected chi connectivity index (χ2v) is 4.41. The first kappa shape index (κ1) is 14.9. The van der Waals surface area contributed by atoms with Crippen molar-refractivity contribution in [3.63, 3.8) is 0 Å². The van der Waals surface area contributed by atoms with Gasteiger partial charge < -0.3 is 9.84 Å². The van der Waals surface area contributed by atoms with E-state index >= 15 is 0 Å². The molecule has 0 fully saturated rings. The van der Waals surface area contributed by atoms with Crippen LogP contribution < -0.4 is 4.74 Å². The van der Waals surface area contributed by atoms with Crippen LogP contribution in [-0.4, -0.2) is 16.6 Å². The zero-order valence-corrected chi connectivity index (χ0v) is 11.2. The number of hydrogen-bond acceptors (Lipinski definition) is 4. The van der Waals surface area contributed by atoms with Gasteiger partial charge in [0, 0.05) is 18.2 Å². The molecule has 2 aromatic rings. The molecule has 110 valence electrons. The Morgan fingerprint density at radius 3 is 2.52 bits per heavy atom. The summed E-state index contributed by atoms with van der Waals surface area (Å²) in [7, 11) is 0. The zero-order valence-electron chi connectivity index (χ0n) is 11.2. The second kappa shape index (κ2) is 6.81. The molecule has 0 spiro atoms. The van der Waals surface area contributed by atoms with Crippen molar-refractivity contribution in [3.8, 4) is 5.75 Å². The Morgan fingerprint density at radius 2 is 1.90 bits per heavy atom. The van der Waals surface area contributed by atoms with E-state index in [-0.39, 0.29) is 18.8 Å². The fraction of sp³-hybridized carbons (Fsp3) is 0.200. The van der Waals surface area contributed by atoms with Crippen molar-refractivity contribution in [2.75, 3.05) is 6.61 Å². The SMILES string of the molecule is O=[N+]([O-])c1cccc(COc2ccc(CCO)cc2)c1F. The van der Waals surface area contributed by atoms with Crippen LogP contribution in [0.2, 0.25) is 0 Å². The first-order chi connectivity index (χ1) is 10.1. The summed E-state index contributed by atoms with van der Waals surface area (Å²) in [6.07, 6.45) is 0.555. The average Bonchev–Trinajstić information content (AvgIpc) is 2.48. The quantitative estimate of drug-likeness (QED) is 0.656. The van der Waals surface area contributed by atoms with E-state index < -0.39 is 16.4 Å². The number of hydrogen-bond donors (Lipinski definition) is 1. The summed E-state index contributed by atoms with van der Waals surface area (Å²) in [4.78, 5) is 9.89. The van der Waals surface area contributed by atoms with Gasteiger partial charge in [-0.3, -0.25) is 10.1 Å². The molecule has 0 radical (unpaired) electrons. The lowest BCUT2D eigenvalue weighted by atomic mass is 10.1. The first-order valence-electron chi connectivity index (χ1n) is 6.36. The van der Waals surface area contributed by atoms with Gasteiger partial charge in [-0.05, 0) is 24.1 Å². The summed E-state index contributed by atoms with van der Waals surface area (Å²) in [6.45, 7) is -0.0219. The lowest BCUT2D eigenvalue weighted by molar-refractivity contribution is -0.387. The number of aliphatic hydroxyl groups is 1. The Labute approximate surface area is 120 Å². The Hall–Kier alpha value is -2.47. The van der Waals surface area contributed by atoms with Gasteiger partial charge in [-0.25, -0.2) is 0 Å². The van der Waals surface area contributed by atoms with Gasteiger partial charge >= 0.3 is 5.69 Å². The van der Waals surface area contributed by atoms with Gasteiger partial charge in [0.1, 0.15) is 12.4 Å². The van der Waals surface area contributed by atoms with Crippen LogP contribution >= 0.6 is 0 Å². The number of nitro benzene ring substituents is 1. The molecule has 0 aliphatic carbocycles. The predicted octanol–water partition coefficient (Wildman–Crippen LogP) is 2.85. The van der Waals surface area contributed by atoms with Gasteiger partial charge in [0.2, 0.25) is 5.82 Å². The summed E-state index contributed by atoms with van der Waals surface area (Å²) in [5.74, 6) is -0.345. The highest BCUT2D eigenvalue weighted by Crippen LogP contribution is 2.22. The van der Waals surface area contributed by atoms with Crippen molar-refractivity contribution in [1.82, 2.24) is 0 Å². The molecule has 5 nitrogen and oxygen atoms in total. The molecule has 0 heterocycles. The van der Waals surface area contributed by atoms with E-state index in [1.165, 1.54) is 12.1 Å². The van der Waals surface area contributed by atoms with Crippen LogP contribution in [0.25, 0.3) is 0 Å². The molecule has 2 rings (SSSR count). The highest BCUT2D eigenvalue weighted by Gasteiger charge is 2.17. The molecule has 2 aromatic carbocycles. The molecule has 0 amide bonds. The number of ether oxygens (including phenoxy) is 1. The number of rotatable bonds is 6. The molecule has 0 unspecified atom stereocenters. The monoisotopic (exact) mass is 291 g/mol. The van der Waals surface area contributed by atoms with E-state index in [9.17, 15) is 14.5 Å². The minimum absolute atomic E-state index is 0.0685. The minimum Gasteiger partial charge on any atom is -0.489 e. The van der Waals surface area contributed by atoms with E-state index in [0.29, 0.717) is 12.2 Å². The third-order valence-corrected chi connectivity index (χ3v) is 2.97. The maximum absolute atomic E-state index is 13.8. The third kappa shape index (κ3) is 3.76. The van der Waals surface area contributed by atoms with Crippen LogP contribution in [0.5, 0.6) is 5.75 Å². The van der Waals surface area contributed by atoms with Gasteiger partial charge in [0.15, 0.2) is 0 Å². The summed E-state index contributed by atoms with van der Waals surface area (Å²) in [5, 5.41) is 19.5.